The van der Waals surface area contributed by atoms with Crippen molar-refractivity contribution in [2.24, 2.45) is 0 Å². The molecule has 0 amide bonds. The van der Waals surface area contributed by atoms with Crippen molar-refractivity contribution in [3.63, 3.8) is 0 Å². The summed E-state index contributed by atoms with van der Waals surface area (Å²) < 4.78 is 15.2. The number of rotatable bonds is 5. The number of allylic oxidation sites excluding steroid dienone is 1. The lowest BCUT2D eigenvalue weighted by Crippen LogP contribution is -2.00. The van der Waals surface area contributed by atoms with E-state index in [2.05, 4.69) is 78.9 Å². The third-order valence-corrected chi connectivity index (χ3v) is 11.9. The third-order valence-electron chi connectivity index (χ3n) is 10.8. The van der Waals surface area contributed by atoms with Crippen LogP contribution in [0, 0.1) is 0 Å². The fraction of sp³-hybridized carbons (Fsp3) is 0.0408. The van der Waals surface area contributed by atoms with E-state index in [1.807, 2.05) is 72.8 Å². The summed E-state index contributed by atoms with van der Waals surface area (Å²) in [6.45, 7) is 0. The smallest absolute Gasteiger partial charge is 0.180 e. The molecular formula is C49H29N5O2S. The average Bonchev–Trinajstić information content (AvgIpc) is 3.97. The van der Waals surface area contributed by atoms with E-state index >= 15 is 0 Å². The summed E-state index contributed by atoms with van der Waals surface area (Å²) in [5.74, 6) is 3.44. The number of nitrogens with zero attached hydrogens (tertiary/aromatic N) is 5. The van der Waals surface area contributed by atoms with Crippen molar-refractivity contribution < 1.29 is 8.83 Å². The second-order valence-electron chi connectivity index (χ2n) is 14.3. The van der Waals surface area contributed by atoms with Crippen molar-refractivity contribution in [1.82, 2.24) is 24.9 Å². The zero-order chi connectivity index (χ0) is 37.5. The van der Waals surface area contributed by atoms with Gasteiger partial charge in [-0.25, -0.2) is 24.9 Å². The Labute approximate surface area is 329 Å². The zero-order valence-electron chi connectivity index (χ0n) is 30.3. The van der Waals surface area contributed by atoms with Crippen LogP contribution in [0.3, 0.4) is 0 Å². The summed E-state index contributed by atoms with van der Waals surface area (Å²) in [5, 5.41) is 4.27. The summed E-state index contributed by atoms with van der Waals surface area (Å²) in [4.78, 5) is 25.7. The second kappa shape index (κ2) is 12.6. The average molecular weight is 752 g/mol. The molecule has 0 bridgehead atoms. The molecule has 0 aliphatic heterocycles. The Hall–Kier alpha value is -7.29. The predicted octanol–water partition coefficient (Wildman–Crippen LogP) is 13.0. The van der Waals surface area contributed by atoms with E-state index in [1.54, 1.807) is 11.3 Å². The molecule has 0 radical (unpaired) electrons. The molecule has 6 aromatic carbocycles. The molecular weight excluding hydrogens is 723 g/mol. The van der Waals surface area contributed by atoms with Gasteiger partial charge in [0.25, 0.3) is 0 Å². The van der Waals surface area contributed by atoms with Gasteiger partial charge in [-0.1, -0.05) is 121 Å². The van der Waals surface area contributed by atoms with Gasteiger partial charge in [-0.05, 0) is 36.8 Å². The van der Waals surface area contributed by atoms with Gasteiger partial charge in [-0.2, -0.15) is 0 Å². The second-order valence-corrected chi connectivity index (χ2v) is 15.3. The van der Waals surface area contributed by atoms with Gasteiger partial charge in [-0.3, -0.25) is 0 Å². The Balaban J connectivity index is 1.04. The number of benzene rings is 6. The Morgan fingerprint density at radius 1 is 0.491 bits per heavy atom. The van der Waals surface area contributed by atoms with Gasteiger partial charge in [0.05, 0.1) is 5.56 Å². The van der Waals surface area contributed by atoms with Crippen LogP contribution in [-0.2, 0) is 6.42 Å². The third kappa shape index (κ3) is 5.15. The van der Waals surface area contributed by atoms with E-state index in [0.717, 1.165) is 105 Å². The van der Waals surface area contributed by atoms with Crippen molar-refractivity contribution >= 4 is 70.6 Å². The highest BCUT2D eigenvalue weighted by molar-refractivity contribution is 7.26. The van der Waals surface area contributed by atoms with Gasteiger partial charge in [0, 0.05) is 65.2 Å². The van der Waals surface area contributed by atoms with Gasteiger partial charge >= 0.3 is 0 Å². The van der Waals surface area contributed by atoms with Crippen LogP contribution in [0.25, 0.3) is 116 Å². The molecule has 0 fully saturated rings. The summed E-state index contributed by atoms with van der Waals surface area (Å²) in [5.41, 5.74) is 9.60. The van der Waals surface area contributed by atoms with Crippen molar-refractivity contribution in [2.75, 3.05) is 0 Å². The molecule has 57 heavy (non-hydrogen) atoms. The monoisotopic (exact) mass is 751 g/mol. The van der Waals surface area contributed by atoms with Crippen LogP contribution in [0.15, 0.2) is 154 Å². The maximum absolute atomic E-state index is 6.51. The molecule has 7 nitrogen and oxygen atoms in total. The lowest BCUT2D eigenvalue weighted by Gasteiger charge is -2.09. The molecule has 0 unspecified atom stereocenters. The van der Waals surface area contributed by atoms with Crippen LogP contribution in [0.4, 0.5) is 0 Å². The van der Waals surface area contributed by atoms with Crippen molar-refractivity contribution in [2.45, 2.75) is 12.8 Å². The number of hydrogen-bond donors (Lipinski definition) is 0. The number of para-hydroxylation sites is 2. The number of aromatic nitrogens is 5. The number of hydrogen-bond acceptors (Lipinski definition) is 8. The molecule has 1 aliphatic carbocycles. The van der Waals surface area contributed by atoms with Crippen LogP contribution in [0.5, 0.6) is 0 Å². The normalized spacial score (nSPS) is 12.7. The summed E-state index contributed by atoms with van der Waals surface area (Å²) in [6.07, 6.45) is 6.22. The van der Waals surface area contributed by atoms with E-state index in [4.69, 9.17) is 33.8 Å². The van der Waals surface area contributed by atoms with E-state index in [1.165, 1.54) is 0 Å². The minimum atomic E-state index is 0.576. The fourth-order valence-corrected chi connectivity index (χ4v) is 9.32. The molecule has 5 heterocycles. The highest BCUT2D eigenvalue weighted by Crippen LogP contribution is 2.43. The first-order valence-corrected chi connectivity index (χ1v) is 19.8. The van der Waals surface area contributed by atoms with Gasteiger partial charge < -0.3 is 8.83 Å². The molecule has 1 aliphatic rings. The lowest BCUT2D eigenvalue weighted by atomic mass is 10.0. The van der Waals surface area contributed by atoms with Crippen LogP contribution < -0.4 is 0 Å². The molecule has 12 rings (SSSR count). The van der Waals surface area contributed by atoms with E-state index in [-0.39, 0.29) is 0 Å². The number of thiophene rings is 1. The molecule has 0 saturated heterocycles. The first-order valence-electron chi connectivity index (χ1n) is 19.0. The largest absolute Gasteiger partial charge is 0.460 e. The van der Waals surface area contributed by atoms with Crippen LogP contribution in [0.1, 0.15) is 17.7 Å². The van der Waals surface area contributed by atoms with Gasteiger partial charge in [0.1, 0.15) is 28.1 Å². The summed E-state index contributed by atoms with van der Waals surface area (Å²) >= 11 is 1.74. The Kier molecular flexibility index (Phi) is 7.09. The quantitative estimate of drug-likeness (QED) is 0.173. The summed E-state index contributed by atoms with van der Waals surface area (Å²) in [7, 11) is 0. The number of aryl methyl sites for hydroxylation is 1. The van der Waals surface area contributed by atoms with Crippen LogP contribution in [0.2, 0.25) is 0 Å². The number of fused-ring (bicyclic) bond motifs is 9. The molecule has 0 atom stereocenters. The van der Waals surface area contributed by atoms with Gasteiger partial charge in [-0.15, -0.1) is 11.3 Å². The maximum atomic E-state index is 6.51. The molecule has 5 aromatic heterocycles. The number of furan rings is 2. The Morgan fingerprint density at radius 3 is 2.09 bits per heavy atom. The maximum Gasteiger partial charge on any atom is 0.180 e. The Bertz CT molecular complexity index is 3420. The SMILES string of the molecule is C1=Cc2c(oc3c(-c4nc(-c5ccccc5)nc(-c5ccc6c(c5)sc5cccc(-c7nc(-c8ccccc8)c8oc9ccccc9c8n7)c56)n4)cccc23)CC1. The van der Waals surface area contributed by atoms with E-state index in [9.17, 15) is 0 Å². The van der Waals surface area contributed by atoms with Crippen LogP contribution >= 0.6 is 11.3 Å². The lowest BCUT2D eigenvalue weighted by molar-refractivity contribution is 0.547. The molecule has 11 aromatic rings. The molecule has 268 valence electrons. The topological polar surface area (TPSA) is 90.7 Å². The van der Waals surface area contributed by atoms with Crippen molar-refractivity contribution in [3.8, 4) is 56.8 Å². The standard InChI is InChI=1S/C49H29N5O2S/c1-3-13-28(14-4-1)42-45-43(33-18-8-10-23-38(33)56-45)51-48(50-42)35-20-12-24-39-41(35)34-26-25-30(27-40(34)57-39)47-52-46(29-15-5-2-6-16-29)53-49(54-47)36-21-11-19-32-31-17-7-9-22-37(31)55-44(32)36/h1-8,10-21,23-27H,9,22H2. The van der Waals surface area contributed by atoms with Crippen molar-refractivity contribution in [1.29, 1.82) is 0 Å². The zero-order valence-corrected chi connectivity index (χ0v) is 31.1. The predicted molar refractivity (Wildman–Crippen MR) is 230 cm³/mol. The molecule has 0 saturated carbocycles. The van der Waals surface area contributed by atoms with Gasteiger partial charge in [0.2, 0.25) is 0 Å². The molecule has 0 N–H and O–H groups in total. The highest BCUT2D eigenvalue weighted by atomic mass is 32.1. The van der Waals surface area contributed by atoms with Crippen molar-refractivity contribution in [3.05, 3.63) is 157 Å². The molecule has 0 spiro atoms. The first-order chi connectivity index (χ1) is 28.2. The Morgan fingerprint density at radius 2 is 1.21 bits per heavy atom. The summed E-state index contributed by atoms with van der Waals surface area (Å²) in [6, 6.07) is 47.4. The highest BCUT2D eigenvalue weighted by Gasteiger charge is 2.23. The van der Waals surface area contributed by atoms with Crippen LogP contribution in [-0.4, -0.2) is 24.9 Å². The van der Waals surface area contributed by atoms with Gasteiger partial charge in [0.15, 0.2) is 28.9 Å². The molecule has 8 heteroatoms. The minimum absolute atomic E-state index is 0.576. The minimum Gasteiger partial charge on any atom is -0.460 e. The first kappa shape index (κ1) is 32.0. The van der Waals surface area contributed by atoms with E-state index < -0.39 is 0 Å². The van der Waals surface area contributed by atoms with E-state index in [0.29, 0.717) is 28.9 Å². The fourth-order valence-electron chi connectivity index (χ4n) is 8.14.